The fourth-order valence-electron chi connectivity index (χ4n) is 1.24. The molecular formula is C12H20O4. The zero-order valence-electron chi connectivity index (χ0n) is 10.6. The summed E-state index contributed by atoms with van der Waals surface area (Å²) in [6.45, 7) is 8.90. The molecule has 0 aliphatic heterocycles. The Hall–Kier alpha value is -1.32. The van der Waals surface area contributed by atoms with Gasteiger partial charge in [-0.05, 0) is 40.2 Å². The van der Waals surface area contributed by atoms with Gasteiger partial charge in [-0.2, -0.15) is 0 Å². The van der Waals surface area contributed by atoms with Crippen molar-refractivity contribution in [2.75, 3.05) is 13.2 Å². The highest BCUT2D eigenvalue weighted by Crippen LogP contribution is 2.30. The van der Waals surface area contributed by atoms with Crippen LogP contribution in [0.1, 0.15) is 34.6 Å². The van der Waals surface area contributed by atoms with Gasteiger partial charge in [0.15, 0.2) is 5.41 Å². The number of carbonyl (C=O) groups is 2. The zero-order chi connectivity index (χ0) is 12.8. The minimum atomic E-state index is -1.33. The Morgan fingerprint density at radius 1 is 1.12 bits per heavy atom. The predicted octanol–water partition coefficient (Wildman–Crippen LogP) is 2.09. The van der Waals surface area contributed by atoms with E-state index in [1.54, 1.807) is 33.8 Å². The van der Waals surface area contributed by atoms with Crippen molar-refractivity contribution in [1.29, 1.82) is 0 Å². The molecule has 0 aromatic heterocycles. The van der Waals surface area contributed by atoms with Gasteiger partial charge >= 0.3 is 11.9 Å². The maximum absolute atomic E-state index is 11.8. The van der Waals surface area contributed by atoms with Crippen LogP contribution in [-0.2, 0) is 19.1 Å². The van der Waals surface area contributed by atoms with E-state index in [9.17, 15) is 9.59 Å². The molecule has 0 saturated carbocycles. The van der Waals surface area contributed by atoms with Crippen molar-refractivity contribution in [2.24, 2.45) is 5.41 Å². The van der Waals surface area contributed by atoms with Crippen LogP contribution >= 0.6 is 0 Å². The summed E-state index contributed by atoms with van der Waals surface area (Å²) in [5.74, 6) is -1.13. The fraction of sp³-hybridized carbons (Fsp3) is 0.667. The molecule has 0 unspecified atom stereocenters. The van der Waals surface area contributed by atoms with Crippen LogP contribution in [0.4, 0.5) is 0 Å². The molecule has 0 aromatic carbocycles. The highest BCUT2D eigenvalue weighted by molar-refractivity contribution is 6.02. The third-order valence-electron chi connectivity index (χ3n) is 2.59. The average molecular weight is 228 g/mol. The van der Waals surface area contributed by atoms with Gasteiger partial charge < -0.3 is 9.47 Å². The SMILES string of the molecule is C/C=C(\C)C(C)(C(=O)OCC)C(=O)OCC. The molecule has 0 radical (unpaired) electrons. The normalized spacial score (nSPS) is 12.2. The maximum Gasteiger partial charge on any atom is 0.327 e. The third kappa shape index (κ3) is 2.84. The first-order valence-corrected chi connectivity index (χ1v) is 5.42. The van der Waals surface area contributed by atoms with Crippen LogP contribution in [0.5, 0.6) is 0 Å². The van der Waals surface area contributed by atoms with Crippen molar-refractivity contribution >= 4 is 11.9 Å². The van der Waals surface area contributed by atoms with Crippen molar-refractivity contribution in [3.63, 3.8) is 0 Å². The van der Waals surface area contributed by atoms with Gasteiger partial charge in [0.05, 0.1) is 13.2 Å². The van der Waals surface area contributed by atoms with E-state index in [0.29, 0.717) is 5.57 Å². The standard InChI is InChI=1S/C12H20O4/c1-6-9(4)12(5,10(13)15-7-2)11(14)16-8-3/h6H,7-8H2,1-5H3/b9-6+. The summed E-state index contributed by atoms with van der Waals surface area (Å²) < 4.78 is 9.83. The molecule has 0 aromatic rings. The van der Waals surface area contributed by atoms with Gasteiger partial charge in [-0.1, -0.05) is 6.08 Å². The fourth-order valence-corrected chi connectivity index (χ4v) is 1.24. The number of rotatable bonds is 5. The Labute approximate surface area is 96.6 Å². The molecule has 0 amide bonds. The molecule has 0 aliphatic carbocycles. The van der Waals surface area contributed by atoms with Gasteiger partial charge in [0, 0.05) is 0 Å². The third-order valence-corrected chi connectivity index (χ3v) is 2.59. The van der Waals surface area contributed by atoms with Crippen LogP contribution in [-0.4, -0.2) is 25.2 Å². The Morgan fingerprint density at radius 3 is 1.75 bits per heavy atom. The molecule has 0 bridgehead atoms. The number of carbonyl (C=O) groups excluding carboxylic acids is 2. The van der Waals surface area contributed by atoms with E-state index in [1.807, 2.05) is 0 Å². The van der Waals surface area contributed by atoms with Crippen LogP contribution in [0.3, 0.4) is 0 Å². The first-order chi connectivity index (χ1) is 7.44. The zero-order valence-corrected chi connectivity index (χ0v) is 10.6. The quantitative estimate of drug-likeness (QED) is 0.411. The summed E-state index contributed by atoms with van der Waals surface area (Å²) in [6.07, 6.45) is 1.72. The first kappa shape index (κ1) is 14.7. The van der Waals surface area contributed by atoms with E-state index in [1.165, 1.54) is 6.92 Å². The van der Waals surface area contributed by atoms with E-state index in [0.717, 1.165) is 0 Å². The summed E-state index contributed by atoms with van der Waals surface area (Å²) in [7, 11) is 0. The maximum atomic E-state index is 11.8. The summed E-state index contributed by atoms with van der Waals surface area (Å²) >= 11 is 0. The van der Waals surface area contributed by atoms with Crippen molar-refractivity contribution in [3.8, 4) is 0 Å². The van der Waals surface area contributed by atoms with E-state index in [-0.39, 0.29) is 13.2 Å². The largest absolute Gasteiger partial charge is 0.465 e. The average Bonchev–Trinajstić information content (AvgIpc) is 2.27. The number of ether oxygens (including phenoxy) is 2. The van der Waals surface area contributed by atoms with E-state index < -0.39 is 17.4 Å². The highest BCUT2D eigenvalue weighted by Gasteiger charge is 2.45. The number of hydrogen-bond donors (Lipinski definition) is 0. The minimum Gasteiger partial charge on any atom is -0.465 e. The molecule has 0 saturated heterocycles. The van der Waals surface area contributed by atoms with Crippen LogP contribution < -0.4 is 0 Å². The highest BCUT2D eigenvalue weighted by atomic mass is 16.6. The number of allylic oxidation sites excluding steroid dienone is 1. The molecule has 0 heterocycles. The van der Waals surface area contributed by atoms with Gasteiger partial charge in [-0.3, -0.25) is 9.59 Å². The Morgan fingerprint density at radius 2 is 1.50 bits per heavy atom. The van der Waals surface area contributed by atoms with Crippen LogP contribution in [0, 0.1) is 5.41 Å². The van der Waals surface area contributed by atoms with Gasteiger partial charge in [-0.25, -0.2) is 0 Å². The summed E-state index contributed by atoms with van der Waals surface area (Å²) in [5, 5.41) is 0. The second-order valence-electron chi connectivity index (χ2n) is 3.54. The van der Waals surface area contributed by atoms with Crippen molar-refractivity contribution < 1.29 is 19.1 Å². The van der Waals surface area contributed by atoms with Crippen molar-refractivity contribution in [3.05, 3.63) is 11.6 Å². The lowest BCUT2D eigenvalue weighted by Gasteiger charge is -2.25. The topological polar surface area (TPSA) is 52.6 Å². The molecule has 92 valence electrons. The van der Waals surface area contributed by atoms with Gasteiger partial charge in [0.2, 0.25) is 0 Å². The first-order valence-electron chi connectivity index (χ1n) is 5.42. The van der Waals surface area contributed by atoms with Gasteiger partial charge in [0.25, 0.3) is 0 Å². The van der Waals surface area contributed by atoms with Crippen LogP contribution in [0.25, 0.3) is 0 Å². The summed E-state index contributed by atoms with van der Waals surface area (Å²) in [6, 6.07) is 0. The van der Waals surface area contributed by atoms with Crippen LogP contribution in [0.2, 0.25) is 0 Å². The molecule has 0 rings (SSSR count). The van der Waals surface area contributed by atoms with E-state index in [2.05, 4.69) is 0 Å². The van der Waals surface area contributed by atoms with Gasteiger partial charge in [-0.15, -0.1) is 0 Å². The summed E-state index contributed by atoms with van der Waals surface area (Å²) in [4.78, 5) is 23.6. The molecule has 0 N–H and O–H groups in total. The molecule has 4 heteroatoms. The lowest BCUT2D eigenvalue weighted by atomic mass is 9.82. The number of esters is 2. The van der Waals surface area contributed by atoms with E-state index >= 15 is 0 Å². The smallest absolute Gasteiger partial charge is 0.327 e. The van der Waals surface area contributed by atoms with Crippen molar-refractivity contribution in [1.82, 2.24) is 0 Å². The second-order valence-corrected chi connectivity index (χ2v) is 3.54. The summed E-state index contributed by atoms with van der Waals surface area (Å²) in [5.41, 5.74) is -0.703. The molecular weight excluding hydrogens is 208 g/mol. The van der Waals surface area contributed by atoms with Crippen molar-refractivity contribution in [2.45, 2.75) is 34.6 Å². The Balaban J connectivity index is 5.19. The lowest BCUT2D eigenvalue weighted by molar-refractivity contribution is -0.167. The Kier molecular flexibility index (Phi) is 5.78. The Bertz CT molecular complexity index is 273. The molecule has 4 nitrogen and oxygen atoms in total. The predicted molar refractivity (Wildman–Crippen MR) is 60.8 cm³/mol. The molecule has 0 atom stereocenters. The van der Waals surface area contributed by atoms with Crippen LogP contribution in [0.15, 0.2) is 11.6 Å². The monoisotopic (exact) mass is 228 g/mol. The molecule has 0 spiro atoms. The lowest BCUT2D eigenvalue weighted by Crippen LogP contribution is -2.40. The molecule has 16 heavy (non-hydrogen) atoms. The number of hydrogen-bond acceptors (Lipinski definition) is 4. The van der Waals surface area contributed by atoms with E-state index in [4.69, 9.17) is 9.47 Å². The minimum absolute atomic E-state index is 0.241. The van der Waals surface area contributed by atoms with Gasteiger partial charge in [0.1, 0.15) is 0 Å². The molecule has 0 aliphatic rings. The molecule has 0 fully saturated rings. The second kappa shape index (κ2) is 6.30.